The lowest BCUT2D eigenvalue weighted by molar-refractivity contribution is 0.0847. The standard InChI is InChI=1S/C31H33ClFN5O2.2ClH/c1-21-25(32)11-8-14-27(21)37-17-15-36(16-18-37)20-24(39)19-34-31(40)29-22(2)38(28-13-7-6-12-26(28)33)30(35-29)23-9-4-3-5-10-23;;/h3-14,24,39H,15-20H2,1-2H3,(H,34,40);2*1H. The SMILES string of the molecule is Cc1c(Cl)cccc1N1CCN(CC(O)CNC(=O)c2nc(-c3ccccc3)n(-c3ccccc3F)c2C)CC1.Cl.Cl. The molecule has 0 bridgehead atoms. The van der Waals surface area contributed by atoms with E-state index in [0.29, 0.717) is 23.8 Å². The normalized spacial score (nSPS) is 14.1. The second-order valence-electron chi connectivity index (χ2n) is 10.1. The Labute approximate surface area is 263 Å². The Morgan fingerprint density at radius 2 is 1.60 bits per heavy atom. The summed E-state index contributed by atoms with van der Waals surface area (Å²) in [5.74, 6) is -0.347. The molecular formula is C31H35Cl3FN5O2. The highest BCUT2D eigenvalue weighted by Crippen LogP contribution is 2.29. The number of aliphatic hydroxyl groups is 1. The number of anilines is 1. The van der Waals surface area contributed by atoms with Gasteiger partial charge in [-0.15, -0.1) is 24.8 Å². The van der Waals surface area contributed by atoms with E-state index in [4.69, 9.17) is 11.6 Å². The van der Waals surface area contributed by atoms with Crippen LogP contribution in [0.3, 0.4) is 0 Å². The lowest BCUT2D eigenvalue weighted by Crippen LogP contribution is -2.50. The minimum Gasteiger partial charge on any atom is -0.390 e. The molecular weight excluding hydrogens is 600 g/mol. The van der Waals surface area contributed by atoms with Crippen LogP contribution >= 0.6 is 36.4 Å². The van der Waals surface area contributed by atoms with Crippen molar-refractivity contribution >= 4 is 48.0 Å². The Hall–Kier alpha value is -3.14. The highest BCUT2D eigenvalue weighted by atomic mass is 35.5. The number of hydrogen-bond donors (Lipinski definition) is 2. The van der Waals surface area contributed by atoms with E-state index in [2.05, 4.69) is 26.2 Å². The van der Waals surface area contributed by atoms with Crippen molar-refractivity contribution in [3.05, 3.63) is 101 Å². The molecule has 0 saturated carbocycles. The molecule has 2 heterocycles. The van der Waals surface area contributed by atoms with Gasteiger partial charge in [-0.2, -0.15) is 0 Å². The molecule has 1 fully saturated rings. The van der Waals surface area contributed by atoms with Gasteiger partial charge in [0.05, 0.1) is 17.5 Å². The maximum Gasteiger partial charge on any atom is 0.271 e. The molecule has 0 radical (unpaired) electrons. The molecule has 5 rings (SSSR count). The second-order valence-corrected chi connectivity index (χ2v) is 10.5. The zero-order chi connectivity index (χ0) is 28.2. The minimum atomic E-state index is -0.744. The van der Waals surface area contributed by atoms with Crippen molar-refractivity contribution in [2.75, 3.05) is 44.2 Å². The van der Waals surface area contributed by atoms with E-state index in [-0.39, 0.29) is 37.1 Å². The van der Waals surface area contributed by atoms with Gasteiger partial charge in [0, 0.05) is 55.5 Å². The first-order valence-corrected chi connectivity index (χ1v) is 13.8. The molecule has 42 heavy (non-hydrogen) atoms. The van der Waals surface area contributed by atoms with E-state index >= 15 is 0 Å². The van der Waals surface area contributed by atoms with Gasteiger partial charge in [0.25, 0.3) is 5.91 Å². The van der Waals surface area contributed by atoms with Crippen LogP contribution in [0.1, 0.15) is 21.7 Å². The molecule has 224 valence electrons. The highest BCUT2D eigenvalue weighted by molar-refractivity contribution is 6.31. The zero-order valence-electron chi connectivity index (χ0n) is 23.5. The summed E-state index contributed by atoms with van der Waals surface area (Å²) in [7, 11) is 0. The number of nitrogens with one attached hydrogen (secondary N) is 1. The van der Waals surface area contributed by atoms with Crippen LogP contribution in [0.4, 0.5) is 10.1 Å². The summed E-state index contributed by atoms with van der Waals surface area (Å²) >= 11 is 6.30. The Balaban J connectivity index is 0.00000242. The predicted octanol–water partition coefficient (Wildman–Crippen LogP) is 5.71. The van der Waals surface area contributed by atoms with Gasteiger partial charge in [0.2, 0.25) is 0 Å². The number of nitrogens with zero attached hydrogens (tertiary/aromatic N) is 4. The van der Waals surface area contributed by atoms with Gasteiger partial charge >= 0.3 is 0 Å². The summed E-state index contributed by atoms with van der Waals surface area (Å²) in [4.78, 5) is 22.3. The molecule has 3 aromatic carbocycles. The maximum atomic E-state index is 14.8. The summed E-state index contributed by atoms with van der Waals surface area (Å²) in [6.45, 7) is 7.55. The van der Waals surface area contributed by atoms with Gasteiger partial charge in [0.1, 0.15) is 17.3 Å². The van der Waals surface area contributed by atoms with Crippen LogP contribution < -0.4 is 10.2 Å². The van der Waals surface area contributed by atoms with Crippen molar-refractivity contribution in [3.8, 4) is 17.1 Å². The highest BCUT2D eigenvalue weighted by Gasteiger charge is 2.25. The van der Waals surface area contributed by atoms with Crippen LogP contribution in [0.5, 0.6) is 0 Å². The summed E-state index contributed by atoms with van der Waals surface area (Å²) in [5.41, 5.74) is 4.00. The lowest BCUT2D eigenvalue weighted by Gasteiger charge is -2.37. The lowest BCUT2D eigenvalue weighted by atomic mass is 10.1. The van der Waals surface area contributed by atoms with Crippen molar-refractivity contribution in [2.24, 2.45) is 0 Å². The van der Waals surface area contributed by atoms with Gasteiger partial charge in [-0.1, -0.05) is 60.1 Å². The molecule has 1 aliphatic heterocycles. The number of benzene rings is 3. The summed E-state index contributed by atoms with van der Waals surface area (Å²) in [6, 6.07) is 21.7. The van der Waals surface area contributed by atoms with E-state index in [1.165, 1.54) is 6.07 Å². The third-order valence-corrected chi connectivity index (χ3v) is 7.78. The van der Waals surface area contributed by atoms with Crippen molar-refractivity contribution in [1.82, 2.24) is 19.8 Å². The van der Waals surface area contributed by atoms with Crippen molar-refractivity contribution in [3.63, 3.8) is 0 Å². The number of halogens is 4. The van der Waals surface area contributed by atoms with Crippen LogP contribution in [0.25, 0.3) is 17.1 Å². The molecule has 0 aliphatic carbocycles. The maximum absolute atomic E-state index is 14.8. The Kier molecular flexibility index (Phi) is 11.8. The molecule has 1 unspecified atom stereocenters. The number of aromatic nitrogens is 2. The van der Waals surface area contributed by atoms with E-state index in [1.807, 2.05) is 49.4 Å². The largest absolute Gasteiger partial charge is 0.390 e. The zero-order valence-corrected chi connectivity index (χ0v) is 25.9. The first-order chi connectivity index (χ1) is 19.3. The van der Waals surface area contributed by atoms with E-state index < -0.39 is 17.8 Å². The average Bonchev–Trinajstić information content (AvgIpc) is 3.31. The summed E-state index contributed by atoms with van der Waals surface area (Å²) in [6.07, 6.45) is -0.744. The third kappa shape index (κ3) is 7.25. The van der Waals surface area contributed by atoms with E-state index in [1.54, 1.807) is 29.7 Å². The molecule has 1 saturated heterocycles. The quantitative estimate of drug-likeness (QED) is 0.260. The van der Waals surface area contributed by atoms with Gasteiger partial charge in [-0.3, -0.25) is 14.3 Å². The van der Waals surface area contributed by atoms with Gasteiger partial charge in [-0.25, -0.2) is 9.37 Å². The van der Waals surface area contributed by atoms with Crippen LogP contribution in [-0.2, 0) is 0 Å². The molecule has 1 atom stereocenters. The van der Waals surface area contributed by atoms with Crippen molar-refractivity contribution in [1.29, 1.82) is 0 Å². The molecule has 7 nitrogen and oxygen atoms in total. The molecule has 1 aliphatic rings. The number of imidazole rings is 1. The Morgan fingerprint density at radius 1 is 0.952 bits per heavy atom. The molecule has 11 heteroatoms. The third-order valence-electron chi connectivity index (χ3n) is 7.37. The minimum absolute atomic E-state index is 0. The van der Waals surface area contributed by atoms with E-state index in [9.17, 15) is 14.3 Å². The van der Waals surface area contributed by atoms with Crippen LogP contribution in [0.2, 0.25) is 5.02 Å². The average molecular weight is 635 g/mol. The number of carbonyl (C=O) groups excluding carboxylic acids is 1. The first-order valence-electron chi connectivity index (χ1n) is 13.4. The summed E-state index contributed by atoms with van der Waals surface area (Å²) in [5, 5.41) is 14.3. The fourth-order valence-corrected chi connectivity index (χ4v) is 5.36. The van der Waals surface area contributed by atoms with Crippen molar-refractivity contribution < 1.29 is 14.3 Å². The number of hydrogen-bond acceptors (Lipinski definition) is 5. The molecule has 1 amide bonds. The number of aliphatic hydroxyl groups excluding tert-OH is 1. The first kappa shape index (κ1) is 33.4. The van der Waals surface area contributed by atoms with E-state index in [0.717, 1.165) is 48.0 Å². The van der Waals surface area contributed by atoms with Gasteiger partial charge in [-0.05, 0) is 43.7 Å². The molecule has 1 aromatic heterocycles. The predicted molar refractivity (Wildman–Crippen MR) is 171 cm³/mol. The number of para-hydroxylation sites is 1. The molecule has 2 N–H and O–H groups in total. The molecule has 0 spiro atoms. The topological polar surface area (TPSA) is 73.6 Å². The van der Waals surface area contributed by atoms with Crippen LogP contribution in [0, 0.1) is 19.7 Å². The fraction of sp³-hybridized carbons (Fsp3) is 0.290. The fourth-order valence-electron chi connectivity index (χ4n) is 5.19. The number of β-amino-alcohol motifs (C(OH)–C–C–N with tert-alkyl or cyclic N) is 1. The summed E-state index contributed by atoms with van der Waals surface area (Å²) < 4.78 is 16.5. The van der Waals surface area contributed by atoms with Crippen LogP contribution in [0.15, 0.2) is 72.8 Å². The number of carbonyl (C=O) groups is 1. The number of rotatable bonds is 8. The van der Waals surface area contributed by atoms with Gasteiger partial charge in [0.15, 0.2) is 0 Å². The number of piperazine rings is 1. The van der Waals surface area contributed by atoms with Gasteiger partial charge < -0.3 is 15.3 Å². The van der Waals surface area contributed by atoms with Crippen LogP contribution in [-0.4, -0.2) is 70.8 Å². The second kappa shape index (κ2) is 14.8. The van der Waals surface area contributed by atoms with Crippen molar-refractivity contribution in [2.45, 2.75) is 20.0 Å². The Bertz CT molecular complexity index is 1490. The number of amides is 1. The molecule has 4 aromatic rings. The monoisotopic (exact) mass is 633 g/mol. The smallest absolute Gasteiger partial charge is 0.271 e. The Morgan fingerprint density at radius 3 is 2.29 bits per heavy atom.